The SMILES string of the molecule is CC(=O)c1cccc(S(=O)(=O)NCCc2cnc(C)s2)c1. The van der Waals surface area contributed by atoms with Crippen LogP contribution < -0.4 is 4.72 Å². The van der Waals surface area contributed by atoms with Crippen LogP contribution in [0.3, 0.4) is 0 Å². The number of rotatable bonds is 6. The molecule has 1 aromatic heterocycles. The molecule has 2 aromatic rings. The van der Waals surface area contributed by atoms with E-state index in [1.165, 1.54) is 19.1 Å². The number of nitrogens with zero attached hydrogens (tertiary/aromatic N) is 1. The van der Waals surface area contributed by atoms with Crippen molar-refractivity contribution in [3.05, 3.63) is 45.9 Å². The maximum Gasteiger partial charge on any atom is 0.240 e. The average Bonchev–Trinajstić information content (AvgIpc) is 2.84. The Balaban J connectivity index is 2.04. The molecule has 7 heteroatoms. The smallest absolute Gasteiger partial charge is 0.240 e. The van der Waals surface area contributed by atoms with E-state index in [9.17, 15) is 13.2 Å². The van der Waals surface area contributed by atoms with Crippen LogP contribution in [0.4, 0.5) is 0 Å². The van der Waals surface area contributed by atoms with E-state index in [2.05, 4.69) is 9.71 Å². The lowest BCUT2D eigenvalue weighted by Crippen LogP contribution is -2.26. The third-order valence-corrected chi connectivity index (χ3v) is 5.31. The molecule has 21 heavy (non-hydrogen) atoms. The molecule has 2 rings (SSSR count). The van der Waals surface area contributed by atoms with E-state index in [1.54, 1.807) is 29.7 Å². The Bertz CT molecular complexity index is 751. The van der Waals surface area contributed by atoms with E-state index < -0.39 is 10.0 Å². The zero-order valence-electron chi connectivity index (χ0n) is 11.8. The van der Waals surface area contributed by atoms with Crippen molar-refractivity contribution in [1.82, 2.24) is 9.71 Å². The molecule has 0 spiro atoms. The topological polar surface area (TPSA) is 76.1 Å². The van der Waals surface area contributed by atoms with Crippen molar-refractivity contribution in [2.75, 3.05) is 6.54 Å². The van der Waals surface area contributed by atoms with Crippen molar-refractivity contribution < 1.29 is 13.2 Å². The van der Waals surface area contributed by atoms with Gasteiger partial charge in [0.15, 0.2) is 5.78 Å². The van der Waals surface area contributed by atoms with Gasteiger partial charge in [-0.2, -0.15) is 0 Å². The highest BCUT2D eigenvalue weighted by Crippen LogP contribution is 2.14. The molecule has 0 radical (unpaired) electrons. The van der Waals surface area contributed by atoms with Crippen LogP contribution in [0.15, 0.2) is 35.4 Å². The molecule has 5 nitrogen and oxygen atoms in total. The molecule has 0 amide bonds. The molecular weight excluding hydrogens is 308 g/mol. The maximum absolute atomic E-state index is 12.2. The summed E-state index contributed by atoms with van der Waals surface area (Å²) in [6.45, 7) is 3.62. The summed E-state index contributed by atoms with van der Waals surface area (Å²) in [7, 11) is -3.60. The van der Waals surface area contributed by atoms with Crippen LogP contribution in [0, 0.1) is 6.92 Å². The molecule has 0 unspecified atom stereocenters. The summed E-state index contributed by atoms with van der Waals surface area (Å²) >= 11 is 1.55. The van der Waals surface area contributed by atoms with Gasteiger partial charge < -0.3 is 0 Å². The van der Waals surface area contributed by atoms with Crippen LogP contribution >= 0.6 is 11.3 Å². The molecule has 0 saturated heterocycles. The Hall–Kier alpha value is -1.57. The van der Waals surface area contributed by atoms with Crippen molar-refractivity contribution >= 4 is 27.1 Å². The number of thiazole rings is 1. The fourth-order valence-electron chi connectivity index (χ4n) is 1.80. The van der Waals surface area contributed by atoms with E-state index in [0.29, 0.717) is 18.5 Å². The van der Waals surface area contributed by atoms with Crippen molar-refractivity contribution in [1.29, 1.82) is 0 Å². The third-order valence-electron chi connectivity index (χ3n) is 2.88. The fourth-order valence-corrected chi connectivity index (χ4v) is 3.67. The van der Waals surface area contributed by atoms with Gasteiger partial charge in [0.25, 0.3) is 0 Å². The largest absolute Gasteiger partial charge is 0.295 e. The number of aromatic nitrogens is 1. The van der Waals surface area contributed by atoms with Crippen molar-refractivity contribution in [3.63, 3.8) is 0 Å². The summed E-state index contributed by atoms with van der Waals surface area (Å²) in [5.41, 5.74) is 0.385. The molecule has 1 N–H and O–H groups in total. The Morgan fingerprint density at radius 3 is 2.76 bits per heavy atom. The number of benzene rings is 1. The normalized spacial score (nSPS) is 11.5. The number of hydrogen-bond acceptors (Lipinski definition) is 5. The molecule has 1 heterocycles. The van der Waals surface area contributed by atoms with E-state index in [4.69, 9.17) is 0 Å². The van der Waals surface area contributed by atoms with E-state index in [1.807, 2.05) is 6.92 Å². The number of aryl methyl sites for hydroxylation is 1. The lowest BCUT2D eigenvalue weighted by molar-refractivity contribution is 0.101. The number of carbonyl (C=O) groups excluding carboxylic acids is 1. The van der Waals surface area contributed by atoms with Crippen LogP contribution in [-0.2, 0) is 16.4 Å². The van der Waals surface area contributed by atoms with Crippen molar-refractivity contribution in [3.8, 4) is 0 Å². The number of nitrogens with one attached hydrogen (secondary N) is 1. The number of hydrogen-bond donors (Lipinski definition) is 1. The van der Waals surface area contributed by atoms with Crippen LogP contribution in [0.25, 0.3) is 0 Å². The zero-order chi connectivity index (χ0) is 15.5. The highest BCUT2D eigenvalue weighted by Gasteiger charge is 2.15. The van der Waals surface area contributed by atoms with Crippen LogP contribution in [0.1, 0.15) is 27.2 Å². The zero-order valence-corrected chi connectivity index (χ0v) is 13.4. The number of sulfonamides is 1. The molecule has 1 aromatic carbocycles. The molecule has 0 saturated carbocycles. The van der Waals surface area contributed by atoms with Gasteiger partial charge in [-0.15, -0.1) is 11.3 Å². The second-order valence-electron chi connectivity index (χ2n) is 4.58. The van der Waals surface area contributed by atoms with Gasteiger partial charge in [0.05, 0.1) is 9.90 Å². The van der Waals surface area contributed by atoms with Crippen LogP contribution in [0.5, 0.6) is 0 Å². The van der Waals surface area contributed by atoms with Crippen LogP contribution in [-0.4, -0.2) is 25.7 Å². The first kappa shape index (κ1) is 15.8. The van der Waals surface area contributed by atoms with Gasteiger partial charge in [-0.3, -0.25) is 4.79 Å². The standard InChI is InChI=1S/C14H16N2O3S2/c1-10(17)12-4-3-5-14(8-12)21(18,19)16-7-6-13-9-15-11(2)20-13/h3-5,8-9,16H,6-7H2,1-2H3. The predicted octanol–water partition coefficient (Wildman–Crippen LogP) is 2.18. The molecule has 0 aliphatic heterocycles. The van der Waals surface area contributed by atoms with Gasteiger partial charge in [-0.1, -0.05) is 12.1 Å². The number of Topliss-reactive ketones (excluding diaryl/α,β-unsaturated/α-hetero) is 1. The Labute approximate surface area is 128 Å². The minimum absolute atomic E-state index is 0.107. The Morgan fingerprint density at radius 2 is 2.14 bits per heavy atom. The quantitative estimate of drug-likeness (QED) is 0.826. The molecule has 0 fully saturated rings. The highest BCUT2D eigenvalue weighted by molar-refractivity contribution is 7.89. The lowest BCUT2D eigenvalue weighted by Gasteiger charge is -2.07. The van der Waals surface area contributed by atoms with Crippen molar-refractivity contribution in [2.45, 2.75) is 25.2 Å². The maximum atomic E-state index is 12.2. The van der Waals surface area contributed by atoms with Gasteiger partial charge in [0.2, 0.25) is 10.0 Å². The average molecular weight is 324 g/mol. The fraction of sp³-hybridized carbons (Fsp3) is 0.286. The van der Waals surface area contributed by atoms with Gasteiger partial charge in [0.1, 0.15) is 0 Å². The molecule has 112 valence electrons. The molecular formula is C14H16N2O3S2. The summed E-state index contributed by atoms with van der Waals surface area (Å²) < 4.78 is 26.9. The second kappa shape index (κ2) is 6.46. The van der Waals surface area contributed by atoms with E-state index >= 15 is 0 Å². The summed E-state index contributed by atoms with van der Waals surface area (Å²) in [6, 6.07) is 6.03. The first-order valence-electron chi connectivity index (χ1n) is 6.40. The number of carbonyl (C=O) groups is 1. The second-order valence-corrected chi connectivity index (χ2v) is 7.66. The summed E-state index contributed by atoms with van der Waals surface area (Å²) in [6.07, 6.45) is 2.35. The molecule has 0 bridgehead atoms. The predicted molar refractivity (Wildman–Crippen MR) is 82.2 cm³/mol. The van der Waals surface area contributed by atoms with E-state index in [-0.39, 0.29) is 10.7 Å². The first-order valence-corrected chi connectivity index (χ1v) is 8.70. The Morgan fingerprint density at radius 1 is 1.38 bits per heavy atom. The molecule has 0 aliphatic rings. The first-order chi connectivity index (χ1) is 9.88. The number of ketones is 1. The van der Waals surface area contributed by atoms with Crippen LogP contribution in [0.2, 0.25) is 0 Å². The molecule has 0 aliphatic carbocycles. The van der Waals surface area contributed by atoms with Gasteiger partial charge in [-0.05, 0) is 32.4 Å². The summed E-state index contributed by atoms with van der Waals surface area (Å²) in [5, 5.41) is 0.960. The minimum atomic E-state index is -3.60. The lowest BCUT2D eigenvalue weighted by atomic mass is 10.2. The molecule has 0 atom stereocenters. The monoisotopic (exact) mass is 324 g/mol. The summed E-state index contributed by atoms with van der Waals surface area (Å²) in [4.78, 5) is 16.6. The Kier molecular flexibility index (Phi) is 4.87. The van der Waals surface area contributed by atoms with Gasteiger partial charge in [-0.25, -0.2) is 18.1 Å². The van der Waals surface area contributed by atoms with Gasteiger partial charge in [0, 0.05) is 23.2 Å². The minimum Gasteiger partial charge on any atom is -0.295 e. The highest BCUT2D eigenvalue weighted by atomic mass is 32.2. The third kappa shape index (κ3) is 4.20. The van der Waals surface area contributed by atoms with Crippen molar-refractivity contribution in [2.24, 2.45) is 0 Å². The summed E-state index contributed by atoms with van der Waals surface area (Å²) in [5.74, 6) is -0.160. The van der Waals surface area contributed by atoms with Gasteiger partial charge >= 0.3 is 0 Å². The van der Waals surface area contributed by atoms with E-state index in [0.717, 1.165) is 9.88 Å².